The molecule has 1 amide bonds. The Morgan fingerprint density at radius 1 is 1.21 bits per heavy atom. The summed E-state index contributed by atoms with van der Waals surface area (Å²) in [6.07, 6.45) is 0.600. The first kappa shape index (κ1) is 20.9. The van der Waals surface area contributed by atoms with E-state index in [0.717, 1.165) is 6.07 Å². The predicted octanol–water partition coefficient (Wildman–Crippen LogP) is 3.08. The number of nitrogens with one attached hydrogen (secondary N) is 1. The summed E-state index contributed by atoms with van der Waals surface area (Å²) in [7, 11) is -3.91. The van der Waals surface area contributed by atoms with Gasteiger partial charge in [-0.15, -0.1) is 0 Å². The van der Waals surface area contributed by atoms with Gasteiger partial charge in [-0.25, -0.2) is 12.8 Å². The van der Waals surface area contributed by atoms with Gasteiger partial charge in [0.25, 0.3) is 5.69 Å². The van der Waals surface area contributed by atoms with E-state index in [1.54, 1.807) is 13.0 Å². The summed E-state index contributed by atoms with van der Waals surface area (Å²) < 4.78 is 40.4. The van der Waals surface area contributed by atoms with E-state index in [9.17, 15) is 27.7 Å². The highest BCUT2D eigenvalue weighted by Gasteiger charge is 2.33. The highest BCUT2D eigenvalue weighted by molar-refractivity contribution is 7.89. The summed E-state index contributed by atoms with van der Waals surface area (Å²) >= 11 is 0. The van der Waals surface area contributed by atoms with Crippen LogP contribution in [0.5, 0.6) is 0 Å². The van der Waals surface area contributed by atoms with Crippen LogP contribution in [0, 0.1) is 28.8 Å². The summed E-state index contributed by atoms with van der Waals surface area (Å²) in [4.78, 5) is 22.6. The van der Waals surface area contributed by atoms with Gasteiger partial charge in [0.2, 0.25) is 15.9 Å². The Bertz CT molecular complexity index is 1050. The highest BCUT2D eigenvalue weighted by atomic mass is 32.2. The zero-order chi connectivity index (χ0) is 21.2. The van der Waals surface area contributed by atoms with Crippen LogP contribution in [0.2, 0.25) is 0 Å². The van der Waals surface area contributed by atoms with Gasteiger partial charge in [0, 0.05) is 36.8 Å². The lowest BCUT2D eigenvalue weighted by molar-refractivity contribution is -0.385. The maximum absolute atomic E-state index is 13.2. The summed E-state index contributed by atoms with van der Waals surface area (Å²) in [5, 5.41) is 13.6. The van der Waals surface area contributed by atoms with E-state index in [-0.39, 0.29) is 29.6 Å². The average Bonchev–Trinajstić information content (AvgIpc) is 2.68. The minimum atomic E-state index is -3.91. The van der Waals surface area contributed by atoms with Crippen molar-refractivity contribution in [3.05, 3.63) is 64.0 Å². The maximum Gasteiger partial charge on any atom is 0.270 e. The van der Waals surface area contributed by atoms with Gasteiger partial charge in [-0.1, -0.05) is 12.1 Å². The number of piperidine rings is 1. The molecule has 29 heavy (non-hydrogen) atoms. The molecule has 1 heterocycles. The fourth-order valence-corrected chi connectivity index (χ4v) is 5.00. The molecule has 1 N–H and O–H groups in total. The van der Waals surface area contributed by atoms with Crippen LogP contribution in [0.1, 0.15) is 18.4 Å². The number of anilines is 1. The summed E-state index contributed by atoms with van der Waals surface area (Å²) in [5.41, 5.74) is 0.470. The molecular weight excluding hydrogens is 401 g/mol. The second-order valence-corrected chi connectivity index (χ2v) is 8.79. The molecule has 0 radical (unpaired) electrons. The minimum absolute atomic E-state index is 0.102. The van der Waals surface area contributed by atoms with Crippen LogP contribution in [0.25, 0.3) is 0 Å². The summed E-state index contributed by atoms with van der Waals surface area (Å²) in [6.45, 7) is 1.81. The molecule has 0 bridgehead atoms. The van der Waals surface area contributed by atoms with E-state index in [4.69, 9.17) is 0 Å². The number of carbonyl (C=O) groups excluding carboxylic acids is 1. The second kappa shape index (κ2) is 8.26. The number of sulfonamides is 1. The largest absolute Gasteiger partial charge is 0.326 e. The molecule has 0 atom stereocenters. The quantitative estimate of drug-likeness (QED) is 0.589. The number of hydrogen-bond acceptors (Lipinski definition) is 5. The van der Waals surface area contributed by atoms with E-state index in [1.807, 2.05) is 0 Å². The second-order valence-electron chi connectivity index (χ2n) is 6.88. The smallest absolute Gasteiger partial charge is 0.270 e. The van der Waals surface area contributed by atoms with Crippen LogP contribution in [-0.4, -0.2) is 36.6 Å². The maximum atomic E-state index is 13.2. The Kier molecular flexibility index (Phi) is 5.94. The van der Waals surface area contributed by atoms with Crippen molar-refractivity contribution in [2.75, 3.05) is 18.4 Å². The van der Waals surface area contributed by atoms with Gasteiger partial charge in [-0.05, 0) is 43.5 Å². The van der Waals surface area contributed by atoms with Crippen LogP contribution in [-0.2, 0) is 14.8 Å². The van der Waals surface area contributed by atoms with Gasteiger partial charge in [0.1, 0.15) is 5.82 Å². The van der Waals surface area contributed by atoms with Crippen LogP contribution in [0.4, 0.5) is 15.8 Å². The summed E-state index contributed by atoms with van der Waals surface area (Å²) in [5.74, 6) is -1.16. The Morgan fingerprint density at radius 2 is 1.90 bits per heavy atom. The molecule has 0 unspecified atom stereocenters. The normalized spacial score (nSPS) is 15.8. The number of aryl methyl sites for hydroxylation is 1. The number of nitrogens with zero attached hydrogens (tertiary/aromatic N) is 2. The van der Waals surface area contributed by atoms with Crippen molar-refractivity contribution in [1.29, 1.82) is 0 Å². The van der Waals surface area contributed by atoms with Crippen LogP contribution < -0.4 is 5.32 Å². The first-order valence-corrected chi connectivity index (χ1v) is 10.4. The average molecular weight is 421 g/mol. The molecule has 154 valence electrons. The van der Waals surface area contributed by atoms with Crippen LogP contribution in [0.15, 0.2) is 47.4 Å². The molecule has 3 rings (SSSR count). The standard InChI is InChI=1S/C19H20FN3O5S/c1-13-5-6-17(23(25)26)12-18(13)29(27,28)22-9-7-14(8-10-22)19(24)21-16-4-2-3-15(20)11-16/h2-6,11-12,14H,7-10H2,1H3,(H,21,24). The minimum Gasteiger partial charge on any atom is -0.326 e. The van der Waals surface area contributed by atoms with Crippen molar-refractivity contribution >= 4 is 27.3 Å². The van der Waals surface area contributed by atoms with Crippen molar-refractivity contribution in [3.63, 3.8) is 0 Å². The van der Waals surface area contributed by atoms with Crippen LogP contribution in [0.3, 0.4) is 0 Å². The first-order valence-electron chi connectivity index (χ1n) is 9.00. The lowest BCUT2D eigenvalue weighted by atomic mass is 9.97. The fourth-order valence-electron chi connectivity index (χ4n) is 3.29. The SMILES string of the molecule is Cc1ccc([N+](=O)[O-])cc1S(=O)(=O)N1CCC(C(=O)Nc2cccc(F)c2)CC1. The predicted molar refractivity (Wildman–Crippen MR) is 104 cm³/mol. The van der Waals surface area contributed by atoms with Crippen molar-refractivity contribution < 1.29 is 22.5 Å². The molecule has 0 spiro atoms. The molecule has 2 aromatic rings. The number of non-ortho nitro benzene ring substituents is 1. The lowest BCUT2D eigenvalue weighted by Crippen LogP contribution is -2.41. The molecule has 1 aliphatic heterocycles. The third-order valence-electron chi connectivity index (χ3n) is 4.92. The first-order chi connectivity index (χ1) is 13.7. The Morgan fingerprint density at radius 3 is 2.52 bits per heavy atom. The van der Waals surface area contributed by atoms with Gasteiger partial charge >= 0.3 is 0 Å². The van der Waals surface area contributed by atoms with Crippen molar-refractivity contribution in [2.24, 2.45) is 5.92 Å². The molecule has 2 aromatic carbocycles. The number of nitro benzene ring substituents is 1. The van der Waals surface area contributed by atoms with Gasteiger partial charge in [-0.2, -0.15) is 4.31 Å². The van der Waals surface area contributed by atoms with E-state index in [0.29, 0.717) is 24.1 Å². The molecule has 0 saturated carbocycles. The number of nitro groups is 1. The molecule has 10 heteroatoms. The third kappa shape index (κ3) is 4.60. The number of carbonyl (C=O) groups is 1. The highest BCUT2D eigenvalue weighted by Crippen LogP contribution is 2.28. The summed E-state index contributed by atoms with van der Waals surface area (Å²) in [6, 6.07) is 9.28. The Balaban J connectivity index is 1.69. The number of hydrogen-bond donors (Lipinski definition) is 1. The monoisotopic (exact) mass is 421 g/mol. The molecule has 1 fully saturated rings. The zero-order valence-electron chi connectivity index (χ0n) is 15.7. The van der Waals surface area contributed by atoms with Gasteiger partial charge in [0.05, 0.1) is 9.82 Å². The van der Waals surface area contributed by atoms with Crippen molar-refractivity contribution in [1.82, 2.24) is 4.31 Å². The number of benzene rings is 2. The van der Waals surface area contributed by atoms with Crippen molar-refractivity contribution in [3.8, 4) is 0 Å². The zero-order valence-corrected chi connectivity index (χ0v) is 16.5. The molecular formula is C19H20FN3O5S. The number of rotatable bonds is 5. The van der Waals surface area contributed by atoms with E-state index in [2.05, 4.69) is 5.32 Å². The van der Waals surface area contributed by atoms with E-state index in [1.165, 1.54) is 34.6 Å². The molecule has 8 nitrogen and oxygen atoms in total. The van der Waals surface area contributed by atoms with Crippen LogP contribution >= 0.6 is 0 Å². The third-order valence-corrected chi connectivity index (χ3v) is 6.96. The topological polar surface area (TPSA) is 110 Å². The molecule has 0 aliphatic carbocycles. The van der Waals surface area contributed by atoms with Gasteiger partial charge in [0.15, 0.2) is 0 Å². The fraction of sp³-hybridized carbons (Fsp3) is 0.316. The number of halogens is 1. The number of amides is 1. The molecule has 1 aliphatic rings. The lowest BCUT2D eigenvalue weighted by Gasteiger charge is -2.30. The molecule has 1 saturated heterocycles. The van der Waals surface area contributed by atoms with E-state index < -0.39 is 26.7 Å². The van der Waals surface area contributed by atoms with Gasteiger partial charge < -0.3 is 5.32 Å². The van der Waals surface area contributed by atoms with Gasteiger partial charge in [-0.3, -0.25) is 14.9 Å². The Labute approximate surface area is 167 Å². The van der Waals surface area contributed by atoms with E-state index >= 15 is 0 Å². The molecule has 0 aromatic heterocycles. The Hall–Kier alpha value is -2.85. The van der Waals surface area contributed by atoms with Crippen molar-refractivity contribution in [2.45, 2.75) is 24.7 Å².